The van der Waals surface area contributed by atoms with E-state index in [1.54, 1.807) is 6.08 Å². The third-order valence-corrected chi connectivity index (χ3v) is 3.81. The van der Waals surface area contributed by atoms with Gasteiger partial charge in [0, 0.05) is 11.8 Å². The minimum atomic E-state index is -0.178. The van der Waals surface area contributed by atoms with Crippen molar-refractivity contribution in [2.75, 3.05) is 5.32 Å². The van der Waals surface area contributed by atoms with Crippen LogP contribution in [0.5, 0.6) is 0 Å². The molecule has 1 aromatic heterocycles. The van der Waals surface area contributed by atoms with E-state index in [1.165, 1.54) is 5.56 Å². The molecule has 3 aromatic rings. The highest BCUT2D eigenvalue weighted by Crippen LogP contribution is 2.14. The normalized spacial score (nSPS) is 11.0. The molecule has 0 saturated carbocycles. The lowest BCUT2D eigenvalue weighted by Crippen LogP contribution is -2.15. The second kappa shape index (κ2) is 7.57. The Morgan fingerprint density at radius 3 is 2.64 bits per heavy atom. The Bertz CT molecular complexity index is 898. The molecule has 0 fully saturated rings. The molecule has 0 aliphatic carbocycles. The van der Waals surface area contributed by atoms with Crippen LogP contribution in [-0.2, 0) is 11.2 Å². The van der Waals surface area contributed by atoms with Crippen LogP contribution in [0, 0.1) is 13.8 Å². The SMILES string of the molecule is Cc1ccc(NC(=O)Cc2noc(C=Cc3ccccc3)n2)cc1C. The van der Waals surface area contributed by atoms with Crippen molar-refractivity contribution in [1.82, 2.24) is 10.1 Å². The zero-order valence-corrected chi connectivity index (χ0v) is 14.2. The number of rotatable bonds is 5. The van der Waals surface area contributed by atoms with Gasteiger partial charge in [0.25, 0.3) is 5.89 Å². The summed E-state index contributed by atoms with van der Waals surface area (Å²) in [6.45, 7) is 4.04. The Morgan fingerprint density at radius 1 is 1.08 bits per heavy atom. The first-order valence-corrected chi connectivity index (χ1v) is 8.03. The Balaban J connectivity index is 1.60. The van der Waals surface area contributed by atoms with E-state index in [2.05, 4.69) is 15.5 Å². The number of anilines is 1. The highest BCUT2D eigenvalue weighted by Gasteiger charge is 2.10. The largest absolute Gasteiger partial charge is 0.335 e. The third-order valence-electron chi connectivity index (χ3n) is 3.81. The summed E-state index contributed by atoms with van der Waals surface area (Å²) in [6.07, 6.45) is 3.68. The van der Waals surface area contributed by atoms with E-state index in [0.29, 0.717) is 11.7 Å². The summed E-state index contributed by atoms with van der Waals surface area (Å²) >= 11 is 0. The predicted molar refractivity (Wildman–Crippen MR) is 97.9 cm³/mol. The number of nitrogens with one attached hydrogen (secondary N) is 1. The van der Waals surface area contributed by atoms with Gasteiger partial charge in [0.2, 0.25) is 5.91 Å². The molecule has 1 heterocycles. The Labute approximate surface area is 146 Å². The quantitative estimate of drug-likeness (QED) is 0.765. The molecule has 0 bridgehead atoms. The van der Waals surface area contributed by atoms with Gasteiger partial charge in [-0.2, -0.15) is 4.98 Å². The number of amides is 1. The number of nitrogens with zero attached hydrogens (tertiary/aromatic N) is 2. The van der Waals surface area contributed by atoms with E-state index in [0.717, 1.165) is 16.8 Å². The van der Waals surface area contributed by atoms with Gasteiger partial charge < -0.3 is 9.84 Å². The first kappa shape index (κ1) is 16.6. The maximum Gasteiger partial charge on any atom is 0.250 e. The third kappa shape index (κ3) is 4.64. The van der Waals surface area contributed by atoms with Crippen LogP contribution >= 0.6 is 0 Å². The molecule has 0 aliphatic heterocycles. The molecule has 0 aliphatic rings. The summed E-state index contributed by atoms with van der Waals surface area (Å²) in [5.41, 5.74) is 4.12. The van der Waals surface area contributed by atoms with E-state index in [-0.39, 0.29) is 12.3 Å². The van der Waals surface area contributed by atoms with Crippen molar-refractivity contribution in [3.63, 3.8) is 0 Å². The lowest BCUT2D eigenvalue weighted by molar-refractivity contribution is -0.115. The van der Waals surface area contributed by atoms with E-state index < -0.39 is 0 Å². The van der Waals surface area contributed by atoms with Crippen LogP contribution in [0.2, 0.25) is 0 Å². The van der Waals surface area contributed by atoms with Crippen LogP contribution in [0.1, 0.15) is 28.4 Å². The van der Waals surface area contributed by atoms with Crippen molar-refractivity contribution >= 4 is 23.7 Å². The molecule has 2 aromatic carbocycles. The van der Waals surface area contributed by atoms with Crippen molar-refractivity contribution in [2.24, 2.45) is 0 Å². The number of carbonyl (C=O) groups excluding carboxylic acids is 1. The van der Waals surface area contributed by atoms with Gasteiger partial charge in [0.05, 0.1) is 6.42 Å². The van der Waals surface area contributed by atoms with Gasteiger partial charge in [0.15, 0.2) is 5.82 Å². The van der Waals surface area contributed by atoms with Gasteiger partial charge in [-0.05, 0) is 48.7 Å². The summed E-state index contributed by atoms with van der Waals surface area (Å²) in [4.78, 5) is 16.3. The zero-order valence-electron chi connectivity index (χ0n) is 14.2. The minimum absolute atomic E-state index is 0.0651. The van der Waals surface area contributed by atoms with Gasteiger partial charge >= 0.3 is 0 Å². The molecule has 3 rings (SSSR count). The first-order chi connectivity index (χ1) is 12.1. The number of aromatic nitrogens is 2. The molecule has 0 atom stereocenters. The number of aryl methyl sites for hydroxylation is 2. The predicted octanol–water partition coefficient (Wildman–Crippen LogP) is 4.04. The van der Waals surface area contributed by atoms with Gasteiger partial charge in [-0.3, -0.25) is 4.79 Å². The Morgan fingerprint density at radius 2 is 1.88 bits per heavy atom. The van der Waals surface area contributed by atoms with E-state index in [4.69, 9.17) is 4.52 Å². The standard InChI is InChI=1S/C20H19N3O2/c1-14-8-10-17(12-15(14)2)21-19(24)13-18-22-20(25-23-18)11-9-16-6-4-3-5-7-16/h3-12H,13H2,1-2H3,(H,21,24). The highest BCUT2D eigenvalue weighted by atomic mass is 16.5. The number of carbonyl (C=O) groups is 1. The summed E-state index contributed by atoms with van der Waals surface area (Å²) in [6, 6.07) is 15.6. The molecule has 1 amide bonds. The van der Waals surface area contributed by atoms with Gasteiger partial charge in [0.1, 0.15) is 0 Å². The second-order valence-electron chi connectivity index (χ2n) is 5.82. The van der Waals surface area contributed by atoms with E-state index in [1.807, 2.05) is 68.5 Å². The summed E-state index contributed by atoms with van der Waals surface area (Å²) in [7, 11) is 0. The topological polar surface area (TPSA) is 68.0 Å². The fourth-order valence-electron chi connectivity index (χ4n) is 2.31. The summed E-state index contributed by atoms with van der Waals surface area (Å²) in [5, 5.41) is 6.69. The molecule has 25 heavy (non-hydrogen) atoms. The monoisotopic (exact) mass is 333 g/mol. The molecule has 0 saturated heterocycles. The maximum atomic E-state index is 12.1. The number of hydrogen-bond donors (Lipinski definition) is 1. The zero-order chi connectivity index (χ0) is 17.6. The van der Waals surface area contributed by atoms with Gasteiger partial charge in [-0.1, -0.05) is 41.6 Å². The van der Waals surface area contributed by atoms with Crippen LogP contribution < -0.4 is 5.32 Å². The molecule has 0 unspecified atom stereocenters. The molecule has 1 N–H and O–H groups in total. The number of hydrogen-bond acceptors (Lipinski definition) is 4. The Hall–Kier alpha value is -3.21. The fourth-order valence-corrected chi connectivity index (χ4v) is 2.31. The highest BCUT2D eigenvalue weighted by molar-refractivity contribution is 5.91. The molecule has 5 nitrogen and oxygen atoms in total. The van der Waals surface area contributed by atoms with Crippen LogP contribution in [0.25, 0.3) is 12.2 Å². The van der Waals surface area contributed by atoms with Crippen molar-refractivity contribution < 1.29 is 9.32 Å². The van der Waals surface area contributed by atoms with Crippen molar-refractivity contribution in [3.05, 3.63) is 76.9 Å². The molecule has 0 radical (unpaired) electrons. The lowest BCUT2D eigenvalue weighted by atomic mass is 10.1. The van der Waals surface area contributed by atoms with Gasteiger partial charge in [-0.25, -0.2) is 0 Å². The van der Waals surface area contributed by atoms with Crippen molar-refractivity contribution in [2.45, 2.75) is 20.3 Å². The van der Waals surface area contributed by atoms with Crippen LogP contribution in [0.15, 0.2) is 53.1 Å². The van der Waals surface area contributed by atoms with Crippen LogP contribution in [-0.4, -0.2) is 16.0 Å². The lowest BCUT2D eigenvalue weighted by Gasteiger charge is -2.06. The summed E-state index contributed by atoms with van der Waals surface area (Å²) < 4.78 is 5.14. The first-order valence-electron chi connectivity index (χ1n) is 8.03. The van der Waals surface area contributed by atoms with E-state index in [9.17, 15) is 4.79 Å². The molecule has 0 spiro atoms. The van der Waals surface area contributed by atoms with Crippen molar-refractivity contribution in [3.8, 4) is 0 Å². The molecule has 126 valence electrons. The summed E-state index contributed by atoms with van der Waals surface area (Å²) in [5.74, 6) is 0.550. The fraction of sp³-hybridized carbons (Fsp3) is 0.150. The minimum Gasteiger partial charge on any atom is -0.335 e. The average molecular weight is 333 g/mol. The molecular formula is C20H19N3O2. The maximum absolute atomic E-state index is 12.1. The second-order valence-corrected chi connectivity index (χ2v) is 5.82. The van der Waals surface area contributed by atoms with E-state index >= 15 is 0 Å². The molecule has 5 heteroatoms. The van der Waals surface area contributed by atoms with Crippen LogP contribution in [0.3, 0.4) is 0 Å². The van der Waals surface area contributed by atoms with Crippen molar-refractivity contribution in [1.29, 1.82) is 0 Å². The average Bonchev–Trinajstić information content (AvgIpc) is 3.04. The number of benzene rings is 2. The molecular weight excluding hydrogens is 314 g/mol. The Kier molecular flexibility index (Phi) is 5.04. The van der Waals surface area contributed by atoms with Gasteiger partial charge in [-0.15, -0.1) is 0 Å². The smallest absolute Gasteiger partial charge is 0.250 e. The van der Waals surface area contributed by atoms with Crippen LogP contribution in [0.4, 0.5) is 5.69 Å².